The summed E-state index contributed by atoms with van der Waals surface area (Å²) in [5, 5.41) is 6.14. The van der Waals surface area contributed by atoms with Gasteiger partial charge in [-0.05, 0) is 35.9 Å². The van der Waals surface area contributed by atoms with Crippen molar-refractivity contribution in [3.8, 4) is 0 Å². The van der Waals surface area contributed by atoms with Gasteiger partial charge in [0, 0.05) is 23.8 Å². The lowest BCUT2D eigenvalue weighted by atomic mass is 10.1. The second kappa shape index (κ2) is 10.0. The number of aryl methyl sites for hydroxylation is 1. The number of nitrogens with zero attached hydrogens (tertiary/aromatic N) is 3. The number of hydrazine groups is 1. The Morgan fingerprint density at radius 1 is 0.944 bits per heavy atom. The van der Waals surface area contributed by atoms with Crippen molar-refractivity contribution in [3.63, 3.8) is 0 Å². The Hall–Kier alpha value is -4.44. The molecule has 0 atom stereocenters. The number of benzene rings is 3. The van der Waals surface area contributed by atoms with Crippen molar-refractivity contribution in [2.75, 3.05) is 0 Å². The lowest BCUT2D eigenvalue weighted by Crippen LogP contribution is -2.42. The number of amides is 2. The molecule has 5 rings (SSSR count). The van der Waals surface area contributed by atoms with Crippen molar-refractivity contribution in [1.29, 1.82) is 0 Å². The standard InChI is InChI=1S/C26H22N6O3S/c1-32-25(35)19-7-3-2-6-18(19)22(31-32)14-23(33)29-30-24(34)17-12-10-16(11-13-17)15-36-26-27-20-8-4-5-9-21(20)28-26/h2-13H,14-15H2,1H3,(H,27,28)(H,29,33)(H,30,34). The Balaban J connectivity index is 1.16. The van der Waals surface area contributed by atoms with Crippen LogP contribution in [0.4, 0.5) is 0 Å². The number of hydrogen-bond acceptors (Lipinski definition) is 6. The van der Waals surface area contributed by atoms with Crippen molar-refractivity contribution in [1.82, 2.24) is 30.6 Å². The number of thioether (sulfide) groups is 1. The third-order valence-electron chi connectivity index (χ3n) is 5.64. The van der Waals surface area contributed by atoms with Crippen LogP contribution in [0.2, 0.25) is 0 Å². The van der Waals surface area contributed by atoms with Gasteiger partial charge in [0.05, 0.1) is 28.5 Å². The van der Waals surface area contributed by atoms with Crippen LogP contribution in [0.1, 0.15) is 21.6 Å². The van der Waals surface area contributed by atoms with E-state index in [1.165, 1.54) is 11.7 Å². The molecular weight excluding hydrogens is 476 g/mol. The van der Waals surface area contributed by atoms with E-state index in [-0.39, 0.29) is 12.0 Å². The number of fused-ring (bicyclic) bond motifs is 2. The number of carbonyl (C=O) groups is 2. The fraction of sp³-hybridized carbons (Fsp3) is 0.115. The van der Waals surface area contributed by atoms with E-state index < -0.39 is 11.8 Å². The predicted octanol–water partition coefficient (Wildman–Crippen LogP) is 3.11. The lowest BCUT2D eigenvalue weighted by Gasteiger charge is -2.10. The summed E-state index contributed by atoms with van der Waals surface area (Å²) in [6.07, 6.45) is -0.0904. The van der Waals surface area contributed by atoms with Crippen LogP contribution in [0.25, 0.3) is 21.8 Å². The number of aromatic amines is 1. The number of nitrogens with one attached hydrogen (secondary N) is 3. The second-order valence-electron chi connectivity index (χ2n) is 8.14. The number of rotatable bonds is 6. The average Bonchev–Trinajstić information content (AvgIpc) is 3.32. The first-order valence-electron chi connectivity index (χ1n) is 11.2. The van der Waals surface area contributed by atoms with Crippen molar-refractivity contribution in [2.24, 2.45) is 7.05 Å². The molecule has 10 heteroatoms. The molecule has 0 unspecified atom stereocenters. The third kappa shape index (κ3) is 4.98. The second-order valence-corrected chi connectivity index (χ2v) is 9.11. The van der Waals surface area contributed by atoms with Crippen molar-refractivity contribution < 1.29 is 9.59 Å². The van der Waals surface area contributed by atoms with E-state index in [1.54, 1.807) is 48.2 Å². The number of aromatic nitrogens is 4. The summed E-state index contributed by atoms with van der Waals surface area (Å²) in [5.74, 6) is -0.185. The van der Waals surface area contributed by atoms with Gasteiger partial charge in [0.25, 0.3) is 11.5 Å². The Morgan fingerprint density at radius 3 is 2.44 bits per heavy atom. The lowest BCUT2D eigenvalue weighted by molar-refractivity contribution is -0.121. The first-order valence-corrected chi connectivity index (χ1v) is 12.2. The summed E-state index contributed by atoms with van der Waals surface area (Å²) in [5.41, 5.74) is 8.44. The van der Waals surface area contributed by atoms with Gasteiger partial charge >= 0.3 is 0 Å². The topological polar surface area (TPSA) is 122 Å². The molecule has 180 valence electrons. The number of para-hydroxylation sites is 2. The van der Waals surface area contributed by atoms with E-state index in [2.05, 4.69) is 25.9 Å². The zero-order chi connectivity index (χ0) is 25.1. The Bertz CT molecular complexity index is 1610. The summed E-state index contributed by atoms with van der Waals surface area (Å²) in [6.45, 7) is 0. The van der Waals surface area contributed by atoms with Crippen LogP contribution in [0, 0.1) is 0 Å². The maximum atomic E-state index is 12.5. The molecule has 0 bridgehead atoms. The van der Waals surface area contributed by atoms with Crippen molar-refractivity contribution in [2.45, 2.75) is 17.3 Å². The zero-order valence-corrected chi connectivity index (χ0v) is 20.1. The maximum absolute atomic E-state index is 12.5. The first-order chi connectivity index (χ1) is 17.5. The monoisotopic (exact) mass is 498 g/mol. The highest BCUT2D eigenvalue weighted by molar-refractivity contribution is 7.98. The van der Waals surface area contributed by atoms with E-state index in [0.29, 0.717) is 27.8 Å². The smallest absolute Gasteiger partial charge is 0.274 e. The van der Waals surface area contributed by atoms with Crippen LogP contribution >= 0.6 is 11.8 Å². The molecular formula is C26H22N6O3S. The minimum absolute atomic E-state index is 0.0904. The zero-order valence-electron chi connectivity index (χ0n) is 19.3. The molecule has 0 spiro atoms. The fourth-order valence-electron chi connectivity index (χ4n) is 3.80. The van der Waals surface area contributed by atoms with Gasteiger partial charge in [0.15, 0.2) is 5.16 Å². The molecule has 2 amide bonds. The number of H-pyrrole nitrogens is 1. The van der Waals surface area contributed by atoms with Gasteiger partial charge in [0.2, 0.25) is 5.91 Å². The van der Waals surface area contributed by atoms with Crippen LogP contribution in [-0.2, 0) is 24.0 Å². The average molecular weight is 499 g/mol. The van der Waals surface area contributed by atoms with Gasteiger partial charge in [0.1, 0.15) is 0 Å². The third-order valence-corrected chi connectivity index (χ3v) is 6.58. The summed E-state index contributed by atoms with van der Waals surface area (Å²) in [7, 11) is 1.54. The summed E-state index contributed by atoms with van der Waals surface area (Å²) in [4.78, 5) is 45.0. The molecule has 9 nitrogen and oxygen atoms in total. The summed E-state index contributed by atoms with van der Waals surface area (Å²) < 4.78 is 1.21. The fourth-order valence-corrected chi connectivity index (χ4v) is 4.64. The number of imidazole rings is 1. The predicted molar refractivity (Wildman–Crippen MR) is 138 cm³/mol. The van der Waals surface area contributed by atoms with Gasteiger partial charge < -0.3 is 4.98 Å². The van der Waals surface area contributed by atoms with Crippen LogP contribution in [0.3, 0.4) is 0 Å². The normalized spacial score (nSPS) is 11.0. The first kappa shape index (κ1) is 23.3. The molecule has 2 aromatic heterocycles. The van der Waals surface area contributed by atoms with Crippen molar-refractivity contribution in [3.05, 3.63) is 100.0 Å². The minimum atomic E-state index is -0.446. The van der Waals surface area contributed by atoms with Gasteiger partial charge in [-0.2, -0.15) is 5.10 Å². The van der Waals surface area contributed by atoms with Crippen LogP contribution in [0.5, 0.6) is 0 Å². The summed E-state index contributed by atoms with van der Waals surface area (Å²) >= 11 is 1.58. The van der Waals surface area contributed by atoms with E-state index in [9.17, 15) is 14.4 Å². The van der Waals surface area contributed by atoms with Crippen LogP contribution < -0.4 is 16.4 Å². The van der Waals surface area contributed by atoms with Crippen molar-refractivity contribution >= 4 is 45.4 Å². The van der Waals surface area contributed by atoms with Gasteiger partial charge in [-0.15, -0.1) is 0 Å². The Morgan fingerprint density at radius 2 is 1.67 bits per heavy atom. The Kier molecular flexibility index (Phi) is 6.50. The van der Waals surface area contributed by atoms with Gasteiger partial charge in [-0.3, -0.25) is 25.2 Å². The van der Waals surface area contributed by atoms with E-state index in [4.69, 9.17) is 0 Å². The molecule has 0 saturated heterocycles. The highest BCUT2D eigenvalue weighted by Gasteiger charge is 2.13. The number of hydrogen-bond donors (Lipinski definition) is 3. The SMILES string of the molecule is Cn1nc(CC(=O)NNC(=O)c2ccc(CSc3nc4ccccc4[nH]3)cc2)c2ccccc2c1=O. The molecule has 3 aromatic carbocycles. The largest absolute Gasteiger partial charge is 0.333 e. The molecule has 0 fully saturated rings. The highest BCUT2D eigenvalue weighted by atomic mass is 32.2. The molecule has 36 heavy (non-hydrogen) atoms. The molecule has 2 heterocycles. The molecule has 0 radical (unpaired) electrons. The van der Waals surface area contributed by atoms with E-state index >= 15 is 0 Å². The molecule has 5 aromatic rings. The highest BCUT2D eigenvalue weighted by Crippen LogP contribution is 2.23. The summed E-state index contributed by atoms with van der Waals surface area (Å²) in [6, 6.07) is 22.0. The molecule has 3 N–H and O–H groups in total. The van der Waals surface area contributed by atoms with E-state index in [0.717, 1.165) is 21.8 Å². The number of carbonyl (C=O) groups excluding carboxylic acids is 2. The molecule has 0 saturated carbocycles. The van der Waals surface area contributed by atoms with Gasteiger partial charge in [-0.1, -0.05) is 54.2 Å². The van der Waals surface area contributed by atoms with Crippen LogP contribution in [-0.4, -0.2) is 31.6 Å². The van der Waals surface area contributed by atoms with Crippen LogP contribution in [0.15, 0.2) is 82.7 Å². The minimum Gasteiger partial charge on any atom is -0.333 e. The van der Waals surface area contributed by atoms with Gasteiger partial charge in [-0.25, -0.2) is 9.67 Å². The van der Waals surface area contributed by atoms with E-state index in [1.807, 2.05) is 36.4 Å². The molecule has 0 aliphatic heterocycles. The Labute approximate surface area is 209 Å². The maximum Gasteiger partial charge on any atom is 0.274 e. The molecule has 0 aliphatic carbocycles. The molecule has 0 aliphatic rings. The quantitative estimate of drug-likeness (QED) is 0.244.